The Bertz CT molecular complexity index is 691. The highest BCUT2D eigenvalue weighted by Gasteiger charge is 2.20. The number of carbonyl (C=O) groups excluding carboxylic acids is 1. The van der Waals surface area contributed by atoms with E-state index in [1.54, 1.807) is 26.0 Å². The molecule has 0 spiro atoms. The third-order valence-electron chi connectivity index (χ3n) is 2.63. The van der Waals surface area contributed by atoms with E-state index >= 15 is 0 Å². The van der Waals surface area contributed by atoms with Gasteiger partial charge in [0.15, 0.2) is 0 Å². The van der Waals surface area contributed by atoms with Crippen molar-refractivity contribution in [1.29, 1.82) is 0 Å². The summed E-state index contributed by atoms with van der Waals surface area (Å²) in [7, 11) is 0. The summed E-state index contributed by atoms with van der Waals surface area (Å²) in [5.74, 6) is -0.411. The van der Waals surface area contributed by atoms with Crippen LogP contribution in [0.1, 0.15) is 23.0 Å². The van der Waals surface area contributed by atoms with Gasteiger partial charge in [-0.15, -0.1) is 0 Å². The number of hydrogen-bond acceptors (Lipinski definition) is 5. The first-order valence-electron chi connectivity index (χ1n) is 5.99. The number of esters is 1. The minimum absolute atomic E-state index is 0.304. The third kappa shape index (κ3) is 3.51. The van der Waals surface area contributed by atoms with Crippen LogP contribution in [0.3, 0.4) is 0 Å². The molecule has 2 aromatic rings. The number of halogens is 3. The van der Waals surface area contributed by atoms with Crippen LogP contribution in [0, 0.1) is 6.92 Å². The largest absolute Gasteiger partial charge is 0.462 e. The molecule has 0 amide bonds. The molecular formula is C13H11BrCl2N2O2S. The van der Waals surface area contributed by atoms with Crippen molar-refractivity contribution in [3.05, 3.63) is 37.9 Å². The predicted molar refractivity (Wildman–Crippen MR) is 90.3 cm³/mol. The summed E-state index contributed by atoms with van der Waals surface area (Å²) >= 11 is 16.7. The first-order valence-corrected chi connectivity index (χ1v) is 8.31. The summed E-state index contributed by atoms with van der Waals surface area (Å²) < 4.78 is 9.92. The van der Waals surface area contributed by atoms with Crippen LogP contribution in [0.25, 0.3) is 0 Å². The van der Waals surface area contributed by atoms with Crippen LogP contribution < -0.4 is 5.32 Å². The van der Waals surface area contributed by atoms with E-state index in [1.165, 1.54) is 11.5 Å². The number of anilines is 2. The molecule has 0 atom stereocenters. The molecule has 2 rings (SSSR count). The average Bonchev–Trinajstić information content (AvgIpc) is 2.81. The van der Waals surface area contributed by atoms with Gasteiger partial charge in [-0.1, -0.05) is 23.2 Å². The molecular weight excluding hydrogens is 399 g/mol. The smallest absolute Gasteiger partial charge is 0.343 e. The molecule has 0 aliphatic carbocycles. The van der Waals surface area contributed by atoms with Crippen LogP contribution in [-0.4, -0.2) is 16.9 Å². The Kier molecular flexibility index (Phi) is 5.48. The number of nitrogens with zero attached hydrogens (tertiary/aromatic N) is 1. The molecule has 0 aliphatic rings. The molecule has 1 aromatic carbocycles. The Morgan fingerprint density at radius 2 is 2.14 bits per heavy atom. The standard InChI is InChI=1S/C13H11BrCl2N2O2S/c1-3-20-13(19)9-6(2)18-21-12(9)17-8-5-4-7(14)10(15)11(8)16/h4-5,17H,3H2,1-2H3. The lowest BCUT2D eigenvalue weighted by atomic mass is 10.2. The lowest BCUT2D eigenvalue weighted by molar-refractivity contribution is 0.0527. The van der Waals surface area contributed by atoms with E-state index in [2.05, 4.69) is 25.6 Å². The molecule has 0 saturated heterocycles. The van der Waals surface area contributed by atoms with E-state index in [1.807, 2.05) is 0 Å². The lowest BCUT2D eigenvalue weighted by Crippen LogP contribution is -2.07. The maximum atomic E-state index is 12.0. The van der Waals surface area contributed by atoms with E-state index in [0.717, 1.165) is 0 Å². The lowest BCUT2D eigenvalue weighted by Gasteiger charge is -2.10. The molecule has 0 saturated carbocycles. The molecule has 8 heteroatoms. The van der Waals surface area contributed by atoms with Crippen LogP contribution in [0.5, 0.6) is 0 Å². The van der Waals surface area contributed by atoms with Gasteiger partial charge in [0, 0.05) is 4.47 Å². The quantitative estimate of drug-likeness (QED) is 0.539. The number of benzene rings is 1. The summed E-state index contributed by atoms with van der Waals surface area (Å²) in [5, 5.41) is 4.43. The van der Waals surface area contributed by atoms with Gasteiger partial charge in [-0.3, -0.25) is 0 Å². The van der Waals surface area contributed by atoms with Gasteiger partial charge in [0.25, 0.3) is 0 Å². The average molecular weight is 410 g/mol. The number of ether oxygens (including phenoxy) is 1. The molecule has 0 bridgehead atoms. The fraction of sp³-hybridized carbons (Fsp3) is 0.231. The van der Waals surface area contributed by atoms with Crippen LogP contribution in [-0.2, 0) is 4.74 Å². The summed E-state index contributed by atoms with van der Waals surface area (Å²) in [6.45, 7) is 3.81. The molecule has 1 N–H and O–H groups in total. The van der Waals surface area contributed by atoms with Gasteiger partial charge in [-0.2, -0.15) is 4.37 Å². The monoisotopic (exact) mass is 408 g/mol. The van der Waals surface area contributed by atoms with E-state index in [9.17, 15) is 4.79 Å². The molecule has 1 aromatic heterocycles. The Hall–Kier alpha value is -0.820. The van der Waals surface area contributed by atoms with E-state index in [4.69, 9.17) is 27.9 Å². The zero-order valence-electron chi connectivity index (χ0n) is 11.2. The van der Waals surface area contributed by atoms with Crippen molar-refractivity contribution in [3.8, 4) is 0 Å². The third-order valence-corrected chi connectivity index (χ3v) is 5.25. The first-order chi connectivity index (χ1) is 9.95. The summed E-state index contributed by atoms with van der Waals surface area (Å²) in [6.07, 6.45) is 0. The molecule has 4 nitrogen and oxygen atoms in total. The highest BCUT2D eigenvalue weighted by Crippen LogP contribution is 2.38. The normalized spacial score (nSPS) is 10.5. The van der Waals surface area contributed by atoms with Crippen molar-refractivity contribution >= 4 is 67.3 Å². The van der Waals surface area contributed by atoms with Gasteiger partial charge in [0.05, 0.1) is 28.0 Å². The molecule has 0 unspecified atom stereocenters. The van der Waals surface area contributed by atoms with E-state index < -0.39 is 5.97 Å². The second-order valence-electron chi connectivity index (χ2n) is 4.04. The number of hydrogen-bond donors (Lipinski definition) is 1. The fourth-order valence-electron chi connectivity index (χ4n) is 1.64. The van der Waals surface area contributed by atoms with Gasteiger partial charge in [0.1, 0.15) is 10.6 Å². The van der Waals surface area contributed by atoms with Gasteiger partial charge >= 0.3 is 5.97 Å². The van der Waals surface area contributed by atoms with Crippen LogP contribution in [0.2, 0.25) is 10.0 Å². The molecule has 0 radical (unpaired) electrons. The van der Waals surface area contributed by atoms with Crippen molar-refractivity contribution in [2.75, 3.05) is 11.9 Å². The molecule has 112 valence electrons. The SMILES string of the molecule is CCOC(=O)c1c(C)nsc1Nc1ccc(Br)c(Cl)c1Cl. The maximum absolute atomic E-state index is 12.0. The van der Waals surface area contributed by atoms with Crippen LogP contribution in [0.15, 0.2) is 16.6 Å². The van der Waals surface area contributed by atoms with Gasteiger partial charge in [-0.05, 0) is 53.4 Å². The Labute approximate surface area is 144 Å². The summed E-state index contributed by atoms with van der Waals surface area (Å²) in [4.78, 5) is 12.0. The zero-order valence-corrected chi connectivity index (χ0v) is 15.1. The number of aromatic nitrogens is 1. The molecule has 1 heterocycles. The van der Waals surface area contributed by atoms with Crippen molar-refractivity contribution in [3.63, 3.8) is 0 Å². The van der Waals surface area contributed by atoms with Crippen molar-refractivity contribution in [2.24, 2.45) is 0 Å². The second kappa shape index (κ2) is 6.96. The van der Waals surface area contributed by atoms with Crippen molar-refractivity contribution in [1.82, 2.24) is 4.37 Å². The Morgan fingerprint density at radius 3 is 2.81 bits per heavy atom. The minimum Gasteiger partial charge on any atom is -0.462 e. The number of aryl methyl sites for hydroxylation is 1. The molecule has 21 heavy (non-hydrogen) atoms. The molecule has 0 aliphatic heterocycles. The van der Waals surface area contributed by atoms with Crippen LogP contribution >= 0.6 is 50.7 Å². The maximum Gasteiger partial charge on any atom is 0.343 e. The van der Waals surface area contributed by atoms with Gasteiger partial charge in [0.2, 0.25) is 0 Å². The second-order valence-corrected chi connectivity index (χ2v) is 6.42. The minimum atomic E-state index is -0.411. The Balaban J connectivity index is 2.37. The van der Waals surface area contributed by atoms with Gasteiger partial charge < -0.3 is 10.1 Å². The highest BCUT2D eigenvalue weighted by molar-refractivity contribution is 9.10. The summed E-state index contributed by atoms with van der Waals surface area (Å²) in [6, 6.07) is 3.54. The zero-order chi connectivity index (χ0) is 15.6. The number of carbonyl (C=O) groups is 1. The highest BCUT2D eigenvalue weighted by atomic mass is 79.9. The van der Waals surface area contributed by atoms with Crippen LogP contribution in [0.4, 0.5) is 10.7 Å². The fourth-order valence-corrected chi connectivity index (χ4v) is 3.26. The topological polar surface area (TPSA) is 51.2 Å². The molecule has 0 fully saturated rings. The van der Waals surface area contributed by atoms with Crippen molar-refractivity contribution < 1.29 is 9.53 Å². The number of rotatable bonds is 4. The summed E-state index contributed by atoms with van der Waals surface area (Å²) in [5.41, 5.74) is 1.62. The van der Waals surface area contributed by atoms with E-state index in [0.29, 0.717) is 43.1 Å². The van der Waals surface area contributed by atoms with Gasteiger partial charge in [-0.25, -0.2) is 4.79 Å². The first kappa shape index (κ1) is 16.5. The number of nitrogens with one attached hydrogen (secondary N) is 1. The Morgan fingerprint density at radius 1 is 1.43 bits per heavy atom. The predicted octanol–water partition coefficient (Wildman–Crippen LogP) is 5.44. The van der Waals surface area contributed by atoms with E-state index in [-0.39, 0.29) is 0 Å². The van der Waals surface area contributed by atoms with Crippen molar-refractivity contribution in [2.45, 2.75) is 13.8 Å².